The van der Waals surface area contributed by atoms with E-state index in [1.54, 1.807) is 23.1 Å². The topological polar surface area (TPSA) is 75.8 Å². The molecule has 1 aromatic rings. The Hall–Kier alpha value is -1.75. The highest BCUT2D eigenvalue weighted by molar-refractivity contribution is 5.96. The van der Waals surface area contributed by atoms with E-state index in [1.807, 2.05) is 13.8 Å². The molecule has 1 fully saturated rings. The number of amides is 1. The van der Waals surface area contributed by atoms with Crippen molar-refractivity contribution in [3.05, 3.63) is 23.8 Å². The molecule has 5 nitrogen and oxygen atoms in total. The Bertz CT molecular complexity index is 496. The van der Waals surface area contributed by atoms with Gasteiger partial charge < -0.3 is 20.5 Å². The first-order chi connectivity index (χ1) is 9.47. The Morgan fingerprint density at radius 2 is 2.10 bits per heavy atom. The molecule has 1 heterocycles. The second-order valence-corrected chi connectivity index (χ2v) is 5.36. The van der Waals surface area contributed by atoms with Crippen molar-refractivity contribution in [3.8, 4) is 5.75 Å². The van der Waals surface area contributed by atoms with Gasteiger partial charge in [0, 0.05) is 17.3 Å². The van der Waals surface area contributed by atoms with E-state index in [9.17, 15) is 9.90 Å². The number of benzene rings is 1. The van der Waals surface area contributed by atoms with Crippen LogP contribution in [-0.4, -0.2) is 41.2 Å². The summed E-state index contributed by atoms with van der Waals surface area (Å²) in [5, 5.41) is 10.1. The third-order valence-corrected chi connectivity index (χ3v) is 3.46. The quantitative estimate of drug-likeness (QED) is 0.803. The zero-order valence-electron chi connectivity index (χ0n) is 12.1. The zero-order valence-corrected chi connectivity index (χ0v) is 12.1. The van der Waals surface area contributed by atoms with E-state index in [0.29, 0.717) is 36.7 Å². The summed E-state index contributed by atoms with van der Waals surface area (Å²) in [5.41, 5.74) is 6.08. The normalized spacial score (nSPS) is 16.6. The number of carbonyl (C=O) groups excluding carboxylic acids is 1. The van der Waals surface area contributed by atoms with Gasteiger partial charge in [-0.15, -0.1) is 0 Å². The van der Waals surface area contributed by atoms with Gasteiger partial charge >= 0.3 is 0 Å². The molecule has 3 N–H and O–H groups in total. The number of β-amino-alcohol motifs (C(OH)–C–C–N with tert-alkyl or cyclic N) is 1. The summed E-state index contributed by atoms with van der Waals surface area (Å²) >= 11 is 0. The van der Waals surface area contributed by atoms with Crippen LogP contribution in [0.5, 0.6) is 5.75 Å². The van der Waals surface area contributed by atoms with Crippen LogP contribution >= 0.6 is 0 Å². The molecular weight excluding hydrogens is 256 g/mol. The van der Waals surface area contributed by atoms with Gasteiger partial charge in [-0.2, -0.15) is 0 Å². The van der Waals surface area contributed by atoms with Crippen LogP contribution in [0.1, 0.15) is 37.0 Å². The minimum atomic E-state index is -0.715. The molecule has 0 spiro atoms. The maximum absolute atomic E-state index is 12.3. The lowest BCUT2D eigenvalue weighted by Gasteiger charge is -2.46. The van der Waals surface area contributed by atoms with Gasteiger partial charge in [0.2, 0.25) is 0 Å². The molecule has 0 saturated carbocycles. The third kappa shape index (κ3) is 3.04. The number of rotatable bonds is 5. The van der Waals surface area contributed by atoms with Crippen molar-refractivity contribution in [1.82, 2.24) is 4.90 Å². The van der Waals surface area contributed by atoms with Gasteiger partial charge in [0.05, 0.1) is 25.3 Å². The molecule has 0 atom stereocenters. The smallest absolute Gasteiger partial charge is 0.254 e. The van der Waals surface area contributed by atoms with Crippen LogP contribution in [0.2, 0.25) is 0 Å². The van der Waals surface area contributed by atoms with Gasteiger partial charge in [0.1, 0.15) is 5.75 Å². The summed E-state index contributed by atoms with van der Waals surface area (Å²) in [7, 11) is 0. The molecule has 1 amide bonds. The molecule has 0 aliphatic carbocycles. The van der Waals surface area contributed by atoms with Crippen LogP contribution in [0.3, 0.4) is 0 Å². The van der Waals surface area contributed by atoms with Crippen LogP contribution in [0.25, 0.3) is 0 Å². The van der Waals surface area contributed by atoms with Crippen molar-refractivity contribution < 1.29 is 14.6 Å². The van der Waals surface area contributed by atoms with E-state index in [0.717, 1.165) is 12.8 Å². The number of aliphatic hydroxyl groups is 1. The third-order valence-electron chi connectivity index (χ3n) is 3.46. The number of anilines is 1. The predicted octanol–water partition coefficient (Wildman–Crippen LogP) is 1.65. The second-order valence-electron chi connectivity index (χ2n) is 5.36. The SMILES string of the molecule is CCCC1(O)CN(C(=O)c2cc(N)cc(OCC)c2)C1. The number of nitrogen functional groups attached to an aromatic ring is 1. The van der Waals surface area contributed by atoms with Crippen LogP contribution in [0.15, 0.2) is 18.2 Å². The fraction of sp³-hybridized carbons (Fsp3) is 0.533. The number of likely N-dealkylation sites (tertiary alicyclic amines) is 1. The lowest BCUT2D eigenvalue weighted by molar-refractivity contribution is -0.0860. The first-order valence-electron chi connectivity index (χ1n) is 7.02. The average Bonchev–Trinajstić information content (AvgIpc) is 2.35. The Kier molecular flexibility index (Phi) is 4.18. The highest BCUT2D eigenvalue weighted by Crippen LogP contribution is 2.28. The molecule has 0 radical (unpaired) electrons. The van der Waals surface area contributed by atoms with E-state index < -0.39 is 5.60 Å². The zero-order chi connectivity index (χ0) is 14.8. The Balaban J connectivity index is 2.07. The van der Waals surface area contributed by atoms with Gasteiger partial charge in [-0.3, -0.25) is 4.79 Å². The maximum atomic E-state index is 12.3. The van der Waals surface area contributed by atoms with Crippen LogP contribution in [0, 0.1) is 0 Å². The Morgan fingerprint density at radius 1 is 1.40 bits per heavy atom. The van der Waals surface area contributed by atoms with Gasteiger partial charge in [-0.1, -0.05) is 13.3 Å². The molecule has 110 valence electrons. The summed E-state index contributed by atoms with van der Waals surface area (Å²) in [6.45, 7) is 5.20. The number of hydrogen-bond acceptors (Lipinski definition) is 4. The largest absolute Gasteiger partial charge is 0.494 e. The second kappa shape index (κ2) is 5.71. The van der Waals surface area contributed by atoms with E-state index >= 15 is 0 Å². The van der Waals surface area contributed by atoms with Gasteiger partial charge in [-0.05, 0) is 25.5 Å². The monoisotopic (exact) mass is 278 g/mol. The Labute approximate surface area is 119 Å². The fourth-order valence-electron chi connectivity index (χ4n) is 2.61. The number of hydrogen-bond donors (Lipinski definition) is 2. The summed E-state index contributed by atoms with van der Waals surface area (Å²) < 4.78 is 5.39. The van der Waals surface area contributed by atoms with E-state index in [2.05, 4.69) is 0 Å². The molecule has 20 heavy (non-hydrogen) atoms. The Morgan fingerprint density at radius 3 is 2.70 bits per heavy atom. The number of nitrogens with zero attached hydrogens (tertiary/aromatic N) is 1. The van der Waals surface area contributed by atoms with Gasteiger partial charge in [-0.25, -0.2) is 0 Å². The number of nitrogens with two attached hydrogens (primary N) is 1. The van der Waals surface area contributed by atoms with Crippen molar-refractivity contribution in [1.29, 1.82) is 0 Å². The summed E-state index contributed by atoms with van der Waals surface area (Å²) in [4.78, 5) is 14.0. The fourth-order valence-corrected chi connectivity index (χ4v) is 2.61. The predicted molar refractivity (Wildman–Crippen MR) is 77.8 cm³/mol. The van der Waals surface area contributed by atoms with Crippen LogP contribution in [-0.2, 0) is 0 Å². The highest BCUT2D eigenvalue weighted by atomic mass is 16.5. The molecule has 0 aromatic heterocycles. The van der Waals surface area contributed by atoms with E-state index in [-0.39, 0.29) is 5.91 Å². The summed E-state index contributed by atoms with van der Waals surface area (Å²) in [6, 6.07) is 5.03. The minimum Gasteiger partial charge on any atom is -0.494 e. The molecule has 1 aliphatic rings. The van der Waals surface area contributed by atoms with Gasteiger partial charge in [0.15, 0.2) is 0 Å². The maximum Gasteiger partial charge on any atom is 0.254 e. The minimum absolute atomic E-state index is 0.112. The van der Waals surface area contributed by atoms with Crippen LogP contribution in [0.4, 0.5) is 5.69 Å². The lowest BCUT2D eigenvalue weighted by atomic mass is 9.88. The molecular formula is C15H22N2O3. The molecule has 0 unspecified atom stereocenters. The van der Waals surface area contributed by atoms with Crippen molar-refractivity contribution in [3.63, 3.8) is 0 Å². The molecule has 1 aliphatic heterocycles. The van der Waals surface area contributed by atoms with Crippen LogP contribution < -0.4 is 10.5 Å². The van der Waals surface area contributed by atoms with E-state index in [1.165, 1.54) is 0 Å². The standard InChI is InChI=1S/C15H22N2O3/c1-3-5-15(19)9-17(10-15)14(18)11-6-12(16)8-13(7-11)20-4-2/h6-8,19H,3-5,9-10,16H2,1-2H3. The highest BCUT2D eigenvalue weighted by Gasteiger charge is 2.42. The lowest BCUT2D eigenvalue weighted by Crippen LogP contribution is -2.63. The van der Waals surface area contributed by atoms with Gasteiger partial charge in [0.25, 0.3) is 5.91 Å². The molecule has 2 rings (SSSR count). The van der Waals surface area contributed by atoms with Crippen molar-refractivity contribution in [2.45, 2.75) is 32.3 Å². The summed E-state index contributed by atoms with van der Waals surface area (Å²) in [5.74, 6) is 0.485. The number of ether oxygens (including phenoxy) is 1. The van der Waals surface area contributed by atoms with Crippen molar-refractivity contribution in [2.24, 2.45) is 0 Å². The van der Waals surface area contributed by atoms with Crippen molar-refractivity contribution >= 4 is 11.6 Å². The molecule has 5 heteroatoms. The van der Waals surface area contributed by atoms with Crippen molar-refractivity contribution in [2.75, 3.05) is 25.4 Å². The molecule has 1 saturated heterocycles. The number of carbonyl (C=O) groups is 1. The van der Waals surface area contributed by atoms with E-state index in [4.69, 9.17) is 10.5 Å². The average molecular weight is 278 g/mol. The molecule has 1 aromatic carbocycles. The first kappa shape index (κ1) is 14.7. The first-order valence-corrected chi connectivity index (χ1v) is 7.02. The summed E-state index contributed by atoms with van der Waals surface area (Å²) in [6.07, 6.45) is 1.63. The molecule has 0 bridgehead atoms.